The Bertz CT molecular complexity index is 1850. The van der Waals surface area contributed by atoms with Gasteiger partial charge in [0.15, 0.2) is 30.4 Å². The van der Waals surface area contributed by atoms with Crippen LogP contribution in [0.5, 0.6) is 0 Å². The van der Waals surface area contributed by atoms with Crippen LogP contribution in [0.25, 0.3) is 0 Å². The van der Waals surface area contributed by atoms with Crippen LogP contribution in [0.3, 0.4) is 0 Å². The second-order valence-electron chi connectivity index (χ2n) is 16.0. The maximum atomic E-state index is 12.1. The fourth-order valence-corrected chi connectivity index (χ4v) is 7.94. The Kier molecular flexibility index (Phi) is 13.0. The van der Waals surface area contributed by atoms with Crippen molar-refractivity contribution in [1.82, 2.24) is 0 Å². The van der Waals surface area contributed by atoms with Crippen LogP contribution in [0.15, 0.2) is 121 Å². The van der Waals surface area contributed by atoms with Crippen LogP contribution in [0.1, 0.15) is 49.9 Å². The smallest absolute Gasteiger partial charge is 0.190 e. The van der Waals surface area contributed by atoms with E-state index in [2.05, 4.69) is 0 Å². The molecule has 12 heteroatoms. The monoisotopic (exact) mass is 798 g/mol. The van der Waals surface area contributed by atoms with E-state index < -0.39 is 79.3 Å². The number of aliphatic hydroxyl groups is 1. The van der Waals surface area contributed by atoms with Gasteiger partial charge in [0.2, 0.25) is 0 Å². The SMILES string of the molecule is CC1(C)O[C@H]2[C@@H](O1)[C@@H](C(O)O[C@H]1O[C@H](COCc3ccccc3)[C@H](OCc3ccccc3)[C@H](OCc3ccccc3)[C@H]1OCc1ccccc1)O[C@@H]1OC(C)(C)O[C@@H]12. The number of hydrogen-bond acceptors (Lipinski definition) is 12. The molecule has 0 amide bonds. The summed E-state index contributed by atoms with van der Waals surface area (Å²) in [6.07, 6.45) is -9.68. The third-order valence-electron chi connectivity index (χ3n) is 10.6. The van der Waals surface area contributed by atoms with E-state index in [1.165, 1.54) is 0 Å². The molecule has 310 valence electrons. The lowest BCUT2D eigenvalue weighted by molar-refractivity contribution is -0.373. The van der Waals surface area contributed by atoms with Crippen molar-refractivity contribution in [3.8, 4) is 0 Å². The molecule has 4 heterocycles. The van der Waals surface area contributed by atoms with E-state index in [9.17, 15) is 5.11 Å². The van der Waals surface area contributed by atoms with Crippen molar-refractivity contribution in [3.63, 3.8) is 0 Å². The van der Waals surface area contributed by atoms with Crippen molar-refractivity contribution in [2.75, 3.05) is 6.61 Å². The molecule has 4 saturated heterocycles. The van der Waals surface area contributed by atoms with Gasteiger partial charge in [-0.05, 0) is 49.9 Å². The first-order chi connectivity index (χ1) is 28.1. The summed E-state index contributed by atoms with van der Waals surface area (Å²) in [6.45, 7) is 8.45. The van der Waals surface area contributed by atoms with Crippen molar-refractivity contribution in [2.45, 2.75) is 133 Å². The summed E-state index contributed by atoms with van der Waals surface area (Å²) in [4.78, 5) is 0. The number of benzene rings is 4. The van der Waals surface area contributed by atoms with Gasteiger partial charge >= 0.3 is 0 Å². The molecule has 1 unspecified atom stereocenters. The van der Waals surface area contributed by atoms with Gasteiger partial charge in [0.05, 0.1) is 33.0 Å². The fourth-order valence-electron chi connectivity index (χ4n) is 7.94. The molecule has 4 aromatic carbocycles. The van der Waals surface area contributed by atoms with Gasteiger partial charge in [0.1, 0.15) is 48.8 Å². The Labute approximate surface area is 340 Å². The summed E-state index contributed by atoms with van der Waals surface area (Å²) in [5.41, 5.74) is 3.89. The third-order valence-corrected chi connectivity index (χ3v) is 10.6. The molecule has 0 saturated carbocycles. The molecule has 4 fully saturated rings. The van der Waals surface area contributed by atoms with Crippen LogP contribution in [-0.4, -0.2) is 91.0 Å². The summed E-state index contributed by atoms with van der Waals surface area (Å²) < 4.78 is 71.4. The molecule has 1 N–H and O–H groups in total. The first-order valence-electron chi connectivity index (χ1n) is 20.0. The molecule has 0 aromatic heterocycles. The highest BCUT2D eigenvalue weighted by molar-refractivity contribution is 5.16. The lowest BCUT2D eigenvalue weighted by Crippen LogP contribution is -2.64. The Morgan fingerprint density at radius 3 is 1.52 bits per heavy atom. The maximum absolute atomic E-state index is 12.1. The number of ether oxygens (including phenoxy) is 11. The van der Waals surface area contributed by atoms with Crippen LogP contribution in [0, 0.1) is 0 Å². The quantitative estimate of drug-likeness (QED) is 0.126. The molecule has 0 aliphatic carbocycles. The largest absolute Gasteiger partial charge is 0.374 e. The second kappa shape index (κ2) is 18.3. The highest BCUT2D eigenvalue weighted by Crippen LogP contribution is 2.45. The standard InChI is InChI=1S/C46H54O12/c1-45(2)55-37-38(56-45)41-44(58-46(3,4)57-41)53-39(37)42(47)54-43-40(51-28-33-23-15-8-16-24-33)36(50-27-32-21-13-7-14-22-32)35(49-26-31-19-11-6-12-20-31)34(52-43)29-48-25-30-17-9-5-10-18-30/h5-24,34-44,47H,25-29H2,1-4H3/t34-,35+,36+,37-,38+,39+,40-,41-,42?,43-,44-/m1/s1. The van der Waals surface area contributed by atoms with Crippen molar-refractivity contribution in [3.05, 3.63) is 144 Å². The van der Waals surface area contributed by atoms with Gasteiger partial charge in [-0.2, -0.15) is 0 Å². The summed E-state index contributed by atoms with van der Waals surface area (Å²) in [6, 6.07) is 39.6. The van der Waals surface area contributed by atoms with Crippen molar-refractivity contribution in [2.24, 2.45) is 0 Å². The molecule has 4 aliphatic rings. The second-order valence-corrected chi connectivity index (χ2v) is 16.0. The number of fused-ring (bicyclic) bond motifs is 3. The van der Waals surface area contributed by atoms with E-state index in [0.29, 0.717) is 6.61 Å². The summed E-state index contributed by atoms with van der Waals surface area (Å²) in [7, 11) is 0. The summed E-state index contributed by atoms with van der Waals surface area (Å²) >= 11 is 0. The van der Waals surface area contributed by atoms with Gasteiger partial charge in [0.25, 0.3) is 0 Å². The highest BCUT2D eigenvalue weighted by atomic mass is 16.9. The zero-order valence-electron chi connectivity index (χ0n) is 33.4. The number of hydrogen-bond donors (Lipinski definition) is 1. The van der Waals surface area contributed by atoms with E-state index in [4.69, 9.17) is 52.1 Å². The van der Waals surface area contributed by atoms with Crippen LogP contribution >= 0.6 is 0 Å². The zero-order valence-corrected chi connectivity index (χ0v) is 33.4. The zero-order chi connectivity index (χ0) is 40.1. The average molecular weight is 799 g/mol. The first kappa shape index (κ1) is 41.1. The van der Waals surface area contributed by atoms with Crippen molar-refractivity contribution in [1.29, 1.82) is 0 Å². The third kappa shape index (κ3) is 10.0. The maximum Gasteiger partial charge on any atom is 0.190 e. The molecular formula is C46H54O12. The van der Waals surface area contributed by atoms with Crippen LogP contribution < -0.4 is 0 Å². The Morgan fingerprint density at radius 2 is 0.966 bits per heavy atom. The van der Waals surface area contributed by atoms with Crippen molar-refractivity contribution >= 4 is 0 Å². The van der Waals surface area contributed by atoms with Crippen LogP contribution in [0.2, 0.25) is 0 Å². The van der Waals surface area contributed by atoms with Crippen LogP contribution in [0.4, 0.5) is 0 Å². The summed E-state index contributed by atoms with van der Waals surface area (Å²) in [5.74, 6) is -1.92. The van der Waals surface area contributed by atoms with E-state index in [1.54, 1.807) is 0 Å². The predicted molar refractivity (Wildman–Crippen MR) is 209 cm³/mol. The van der Waals surface area contributed by atoms with Crippen molar-refractivity contribution < 1.29 is 57.2 Å². The van der Waals surface area contributed by atoms with Gasteiger partial charge in [-0.1, -0.05) is 121 Å². The molecule has 12 nitrogen and oxygen atoms in total. The van der Waals surface area contributed by atoms with E-state index in [0.717, 1.165) is 22.3 Å². The molecule has 0 spiro atoms. The molecular weight excluding hydrogens is 744 g/mol. The Balaban J connectivity index is 1.11. The van der Waals surface area contributed by atoms with Gasteiger partial charge in [-0.25, -0.2) is 0 Å². The minimum absolute atomic E-state index is 0.126. The lowest BCUT2D eigenvalue weighted by atomic mass is 9.97. The molecule has 11 atom stereocenters. The van der Waals surface area contributed by atoms with Crippen LogP contribution in [-0.2, 0) is 78.5 Å². The van der Waals surface area contributed by atoms with Gasteiger partial charge < -0.3 is 57.2 Å². The molecule has 4 aromatic rings. The average Bonchev–Trinajstić information content (AvgIpc) is 3.73. The van der Waals surface area contributed by atoms with E-state index >= 15 is 0 Å². The van der Waals surface area contributed by atoms with Gasteiger partial charge in [-0.15, -0.1) is 0 Å². The number of aliphatic hydroxyl groups excluding tert-OH is 1. The van der Waals surface area contributed by atoms with E-state index in [1.807, 2.05) is 149 Å². The van der Waals surface area contributed by atoms with Gasteiger partial charge in [-0.3, -0.25) is 0 Å². The normalized spacial score (nSPS) is 31.7. The summed E-state index contributed by atoms with van der Waals surface area (Å²) in [5, 5.41) is 12.1. The van der Waals surface area contributed by atoms with E-state index in [-0.39, 0.29) is 26.4 Å². The first-order valence-corrected chi connectivity index (χ1v) is 20.0. The molecule has 0 bridgehead atoms. The lowest BCUT2D eigenvalue weighted by Gasteiger charge is -2.47. The molecule has 58 heavy (non-hydrogen) atoms. The molecule has 0 radical (unpaired) electrons. The van der Waals surface area contributed by atoms with Gasteiger partial charge in [0, 0.05) is 0 Å². The number of rotatable bonds is 16. The molecule has 4 aliphatic heterocycles. The highest BCUT2D eigenvalue weighted by Gasteiger charge is 2.62. The predicted octanol–water partition coefficient (Wildman–Crippen LogP) is 6.42. The minimum Gasteiger partial charge on any atom is -0.374 e. The Morgan fingerprint density at radius 1 is 0.517 bits per heavy atom. The minimum atomic E-state index is -1.59. The fraction of sp³-hybridized carbons (Fsp3) is 0.478. The Hall–Kier alpha value is -3.60. The topological polar surface area (TPSA) is 122 Å². The molecule has 8 rings (SSSR count).